The van der Waals surface area contributed by atoms with Gasteiger partial charge < -0.3 is 4.90 Å². The molecule has 0 unspecified atom stereocenters. The first-order valence-electron chi connectivity index (χ1n) is 8.99. The molecule has 1 aromatic rings. The third kappa shape index (κ3) is 3.46. The molecule has 1 aromatic carbocycles. The van der Waals surface area contributed by atoms with Crippen LogP contribution in [0, 0.1) is 17.7 Å². The number of nitrogens with zero attached hydrogens (tertiary/aromatic N) is 2. The van der Waals surface area contributed by atoms with Crippen molar-refractivity contribution in [2.75, 3.05) is 19.6 Å². The zero-order valence-electron chi connectivity index (χ0n) is 15.1. The summed E-state index contributed by atoms with van der Waals surface area (Å²) in [6, 6.07) is 5.84. The maximum atomic E-state index is 13.3. The Labute approximate surface area is 148 Å². The van der Waals surface area contributed by atoms with Gasteiger partial charge in [-0.2, -0.15) is 0 Å². The summed E-state index contributed by atoms with van der Waals surface area (Å²) in [7, 11) is 0. The number of carbonyl (C=O) groups excluding carboxylic acids is 2. The van der Waals surface area contributed by atoms with E-state index in [-0.39, 0.29) is 23.5 Å². The Morgan fingerprint density at radius 3 is 2.24 bits per heavy atom. The fourth-order valence-electron chi connectivity index (χ4n) is 3.50. The van der Waals surface area contributed by atoms with E-state index in [9.17, 15) is 14.0 Å². The Hall–Kier alpha value is -2.17. The normalized spacial score (nSPS) is 19.6. The highest BCUT2D eigenvalue weighted by Gasteiger charge is 2.42. The fourth-order valence-corrected chi connectivity index (χ4v) is 3.50. The number of halogens is 1. The number of likely N-dealkylation sites (tertiary alicyclic amines) is 1. The van der Waals surface area contributed by atoms with Gasteiger partial charge in [0.15, 0.2) is 0 Å². The van der Waals surface area contributed by atoms with E-state index in [2.05, 4.69) is 6.92 Å². The number of rotatable bonds is 4. The minimum atomic E-state index is -0.353. The average Bonchev–Trinajstić information content (AvgIpc) is 2.81. The number of hydrogen-bond donors (Lipinski definition) is 0. The van der Waals surface area contributed by atoms with Crippen LogP contribution in [0.4, 0.5) is 4.39 Å². The third-order valence-corrected chi connectivity index (χ3v) is 4.92. The molecule has 0 N–H and O–H groups in total. The molecule has 0 spiro atoms. The Bertz CT molecular complexity index is 701. The number of carbonyl (C=O) groups is 2. The van der Waals surface area contributed by atoms with Crippen LogP contribution in [0.2, 0.25) is 0 Å². The molecule has 2 heterocycles. The second-order valence-electron chi connectivity index (χ2n) is 7.51. The van der Waals surface area contributed by atoms with Crippen molar-refractivity contribution in [1.82, 2.24) is 9.80 Å². The van der Waals surface area contributed by atoms with Gasteiger partial charge >= 0.3 is 0 Å². The number of amides is 2. The third-order valence-electron chi connectivity index (χ3n) is 4.92. The molecule has 2 aliphatic heterocycles. The van der Waals surface area contributed by atoms with E-state index in [1.54, 1.807) is 12.1 Å². The standard InChI is InChI=1S/C20H25FN2O2/c1-13(2)12-23-19(24)17(15-4-6-16(21)7-5-15)18(20(23)25)22-10-8-14(3)9-11-22/h4-7,13-14H,8-12H2,1-3H3. The Kier molecular flexibility index (Phi) is 4.93. The van der Waals surface area contributed by atoms with Gasteiger partial charge in [0, 0.05) is 19.6 Å². The van der Waals surface area contributed by atoms with Crippen LogP contribution in [0.5, 0.6) is 0 Å². The lowest BCUT2D eigenvalue weighted by Crippen LogP contribution is -2.39. The van der Waals surface area contributed by atoms with Crippen molar-refractivity contribution in [2.24, 2.45) is 11.8 Å². The van der Waals surface area contributed by atoms with Gasteiger partial charge in [0.25, 0.3) is 11.8 Å². The van der Waals surface area contributed by atoms with Crippen molar-refractivity contribution in [1.29, 1.82) is 0 Å². The van der Waals surface area contributed by atoms with E-state index in [1.807, 2.05) is 18.7 Å². The molecule has 2 aliphatic rings. The summed E-state index contributed by atoms with van der Waals surface area (Å²) in [5, 5.41) is 0. The Morgan fingerprint density at radius 1 is 1.08 bits per heavy atom. The van der Waals surface area contributed by atoms with Gasteiger partial charge in [0.1, 0.15) is 11.5 Å². The molecule has 3 rings (SSSR count). The molecule has 5 heteroatoms. The van der Waals surface area contributed by atoms with E-state index in [0.717, 1.165) is 25.9 Å². The van der Waals surface area contributed by atoms with E-state index in [1.165, 1.54) is 17.0 Å². The highest BCUT2D eigenvalue weighted by molar-refractivity contribution is 6.35. The zero-order chi connectivity index (χ0) is 18.1. The van der Waals surface area contributed by atoms with Gasteiger partial charge in [0.2, 0.25) is 0 Å². The summed E-state index contributed by atoms with van der Waals surface area (Å²) in [6.45, 7) is 8.12. The summed E-state index contributed by atoms with van der Waals surface area (Å²) in [5.41, 5.74) is 1.52. The van der Waals surface area contributed by atoms with Crippen LogP contribution in [0.1, 0.15) is 39.2 Å². The van der Waals surface area contributed by atoms with E-state index in [4.69, 9.17) is 0 Å². The highest BCUT2D eigenvalue weighted by atomic mass is 19.1. The van der Waals surface area contributed by atoms with Crippen LogP contribution in [-0.4, -0.2) is 41.2 Å². The van der Waals surface area contributed by atoms with Gasteiger partial charge in [-0.1, -0.05) is 32.9 Å². The van der Waals surface area contributed by atoms with E-state index < -0.39 is 0 Å². The van der Waals surface area contributed by atoms with Gasteiger partial charge in [0.05, 0.1) is 5.57 Å². The monoisotopic (exact) mass is 344 g/mol. The number of benzene rings is 1. The smallest absolute Gasteiger partial charge is 0.277 e. The first kappa shape index (κ1) is 17.6. The summed E-state index contributed by atoms with van der Waals surface area (Å²) < 4.78 is 13.3. The van der Waals surface area contributed by atoms with Crippen molar-refractivity contribution in [3.63, 3.8) is 0 Å². The van der Waals surface area contributed by atoms with Gasteiger partial charge in [-0.05, 0) is 42.4 Å². The number of imide groups is 1. The molecular formula is C20H25FN2O2. The molecule has 0 bridgehead atoms. The molecule has 1 fully saturated rings. The van der Waals surface area contributed by atoms with Crippen LogP contribution in [0.25, 0.3) is 5.57 Å². The first-order valence-corrected chi connectivity index (χ1v) is 8.99. The molecule has 0 radical (unpaired) electrons. The fraction of sp³-hybridized carbons (Fsp3) is 0.500. The zero-order valence-corrected chi connectivity index (χ0v) is 15.1. The van der Waals surface area contributed by atoms with Gasteiger partial charge in [-0.25, -0.2) is 4.39 Å². The maximum absolute atomic E-state index is 13.3. The largest absolute Gasteiger partial charge is 0.366 e. The summed E-state index contributed by atoms with van der Waals surface area (Å²) in [5.74, 6) is -0.00629. The molecule has 1 saturated heterocycles. The van der Waals surface area contributed by atoms with Crippen molar-refractivity contribution < 1.29 is 14.0 Å². The van der Waals surface area contributed by atoms with E-state index >= 15 is 0 Å². The van der Waals surface area contributed by atoms with Gasteiger partial charge in [-0.15, -0.1) is 0 Å². The van der Waals surface area contributed by atoms with Crippen molar-refractivity contribution in [3.8, 4) is 0 Å². The minimum Gasteiger partial charge on any atom is -0.366 e. The quantitative estimate of drug-likeness (QED) is 0.787. The molecule has 0 atom stereocenters. The SMILES string of the molecule is CC(C)CN1C(=O)C(c2ccc(F)cc2)=C(N2CCC(C)CC2)C1=O. The maximum Gasteiger partial charge on any atom is 0.277 e. The Balaban J connectivity index is 2.02. The summed E-state index contributed by atoms with van der Waals surface area (Å²) in [6.07, 6.45) is 2.01. The summed E-state index contributed by atoms with van der Waals surface area (Å²) in [4.78, 5) is 29.4. The predicted octanol–water partition coefficient (Wildman–Crippen LogP) is 3.29. The number of piperidine rings is 1. The second kappa shape index (κ2) is 6.98. The lowest BCUT2D eigenvalue weighted by Gasteiger charge is -2.32. The van der Waals surface area contributed by atoms with Crippen LogP contribution >= 0.6 is 0 Å². The molecule has 0 aromatic heterocycles. The lowest BCUT2D eigenvalue weighted by molar-refractivity contribution is -0.138. The van der Waals surface area contributed by atoms with Gasteiger partial charge in [-0.3, -0.25) is 14.5 Å². The van der Waals surface area contributed by atoms with Crippen LogP contribution in [-0.2, 0) is 9.59 Å². The molecule has 134 valence electrons. The molecular weight excluding hydrogens is 319 g/mol. The minimum absolute atomic E-state index is 0.197. The Morgan fingerprint density at radius 2 is 1.68 bits per heavy atom. The molecule has 25 heavy (non-hydrogen) atoms. The molecule has 0 saturated carbocycles. The number of hydrogen-bond acceptors (Lipinski definition) is 3. The van der Waals surface area contributed by atoms with Crippen LogP contribution in [0.15, 0.2) is 30.0 Å². The van der Waals surface area contributed by atoms with Crippen molar-refractivity contribution >= 4 is 17.4 Å². The van der Waals surface area contributed by atoms with Crippen LogP contribution < -0.4 is 0 Å². The molecule has 2 amide bonds. The van der Waals surface area contributed by atoms with Crippen molar-refractivity contribution in [2.45, 2.75) is 33.6 Å². The molecule has 4 nitrogen and oxygen atoms in total. The molecule has 0 aliphatic carbocycles. The van der Waals surface area contributed by atoms with Crippen molar-refractivity contribution in [3.05, 3.63) is 41.3 Å². The average molecular weight is 344 g/mol. The first-order chi connectivity index (χ1) is 11.9. The lowest BCUT2D eigenvalue weighted by atomic mass is 9.97. The predicted molar refractivity (Wildman–Crippen MR) is 94.8 cm³/mol. The van der Waals surface area contributed by atoms with Crippen LogP contribution in [0.3, 0.4) is 0 Å². The second-order valence-corrected chi connectivity index (χ2v) is 7.51. The topological polar surface area (TPSA) is 40.6 Å². The summed E-state index contributed by atoms with van der Waals surface area (Å²) >= 11 is 0. The highest BCUT2D eigenvalue weighted by Crippen LogP contribution is 2.34. The van der Waals surface area contributed by atoms with E-state index in [0.29, 0.717) is 29.3 Å².